The molecule has 0 unspecified atom stereocenters. The zero-order valence-electron chi connectivity index (χ0n) is 16.8. The average Bonchev–Trinajstić information content (AvgIpc) is 2.73. The van der Waals surface area contributed by atoms with Gasteiger partial charge in [-0.1, -0.05) is 37.5 Å². The van der Waals surface area contributed by atoms with Crippen molar-refractivity contribution in [2.24, 2.45) is 0 Å². The van der Waals surface area contributed by atoms with Gasteiger partial charge >= 0.3 is 0 Å². The van der Waals surface area contributed by atoms with E-state index in [1.807, 2.05) is 42.5 Å². The van der Waals surface area contributed by atoms with E-state index >= 15 is 0 Å². The second-order valence-corrected chi connectivity index (χ2v) is 7.50. The van der Waals surface area contributed by atoms with E-state index in [1.165, 1.54) is 19.3 Å². The number of amides is 1. The highest BCUT2D eigenvalue weighted by atomic mass is 16.5. The zero-order valence-corrected chi connectivity index (χ0v) is 16.8. The Morgan fingerprint density at radius 3 is 2.32 bits per heavy atom. The topological polar surface area (TPSA) is 47.6 Å². The molecule has 1 aliphatic rings. The Bertz CT molecular complexity index is 736. The largest absolute Gasteiger partial charge is 0.494 e. The summed E-state index contributed by atoms with van der Waals surface area (Å²) in [7, 11) is 0. The minimum absolute atomic E-state index is 0.0202. The molecule has 0 spiro atoms. The van der Waals surface area contributed by atoms with E-state index in [-0.39, 0.29) is 5.91 Å². The Hall–Kier alpha value is -2.49. The summed E-state index contributed by atoms with van der Waals surface area (Å²) < 4.78 is 11.6. The van der Waals surface area contributed by atoms with Gasteiger partial charge in [0.05, 0.1) is 13.2 Å². The van der Waals surface area contributed by atoms with Crippen LogP contribution in [0.4, 0.5) is 0 Å². The van der Waals surface area contributed by atoms with E-state index in [1.54, 1.807) is 0 Å². The summed E-state index contributed by atoms with van der Waals surface area (Å²) in [6, 6.07) is 15.8. The van der Waals surface area contributed by atoms with Crippen molar-refractivity contribution in [3.63, 3.8) is 0 Å². The molecule has 1 fully saturated rings. The van der Waals surface area contributed by atoms with Crippen LogP contribution in [0.15, 0.2) is 48.5 Å². The van der Waals surface area contributed by atoms with Crippen LogP contribution in [0.5, 0.6) is 11.5 Å². The van der Waals surface area contributed by atoms with E-state index in [9.17, 15) is 4.79 Å². The summed E-state index contributed by atoms with van der Waals surface area (Å²) in [4.78, 5) is 12.3. The highest BCUT2D eigenvalue weighted by molar-refractivity contribution is 5.94. The Labute approximate surface area is 168 Å². The molecule has 28 heavy (non-hydrogen) atoms. The predicted octanol–water partition coefficient (Wildman–Crippen LogP) is 5.30. The van der Waals surface area contributed by atoms with E-state index in [2.05, 4.69) is 18.3 Å². The molecule has 0 atom stereocenters. The van der Waals surface area contributed by atoms with Crippen LogP contribution in [-0.4, -0.2) is 25.2 Å². The third kappa shape index (κ3) is 6.29. The minimum atomic E-state index is 0.0202. The third-order valence-corrected chi connectivity index (χ3v) is 5.22. The van der Waals surface area contributed by atoms with Gasteiger partial charge in [-0.15, -0.1) is 0 Å². The number of unbranched alkanes of at least 4 members (excludes halogenated alkanes) is 1. The number of hydrogen-bond donors (Lipinski definition) is 1. The molecule has 1 amide bonds. The van der Waals surface area contributed by atoms with Crippen LogP contribution in [0.1, 0.15) is 60.9 Å². The number of hydrogen-bond acceptors (Lipinski definition) is 3. The molecule has 150 valence electrons. The van der Waals surface area contributed by atoms with Crippen LogP contribution in [0.3, 0.4) is 0 Å². The van der Waals surface area contributed by atoms with Crippen molar-refractivity contribution in [1.82, 2.24) is 5.32 Å². The molecule has 4 nitrogen and oxygen atoms in total. The first kappa shape index (κ1) is 20.2. The summed E-state index contributed by atoms with van der Waals surface area (Å²) in [5, 5.41) is 3.14. The number of nitrogens with one attached hydrogen (secondary N) is 1. The van der Waals surface area contributed by atoms with Crippen LogP contribution in [0.25, 0.3) is 0 Å². The number of aryl methyl sites for hydroxylation is 1. The number of rotatable bonds is 9. The fourth-order valence-electron chi connectivity index (χ4n) is 3.51. The molecule has 0 bridgehead atoms. The SMILES string of the molecule is Cc1ccccc1OCCCCOc1ccc(C(=O)NC2CCCCC2)cc1. The quantitative estimate of drug-likeness (QED) is 0.600. The average molecular weight is 382 g/mol. The van der Waals surface area contributed by atoms with Crippen molar-refractivity contribution in [1.29, 1.82) is 0 Å². The lowest BCUT2D eigenvalue weighted by molar-refractivity contribution is 0.0927. The molecule has 3 rings (SSSR count). The third-order valence-electron chi connectivity index (χ3n) is 5.22. The Kier molecular flexibility index (Phi) is 7.77. The lowest BCUT2D eigenvalue weighted by Crippen LogP contribution is -2.36. The van der Waals surface area contributed by atoms with Crippen molar-refractivity contribution < 1.29 is 14.3 Å². The molecular weight excluding hydrogens is 350 g/mol. The van der Waals surface area contributed by atoms with Gasteiger partial charge in [-0.25, -0.2) is 0 Å². The van der Waals surface area contributed by atoms with Crippen molar-refractivity contribution in [2.75, 3.05) is 13.2 Å². The van der Waals surface area contributed by atoms with Gasteiger partial charge in [-0.05, 0) is 68.5 Å². The number of carbonyl (C=O) groups excluding carboxylic acids is 1. The van der Waals surface area contributed by atoms with E-state index < -0.39 is 0 Å². The molecule has 4 heteroatoms. The van der Waals surface area contributed by atoms with Gasteiger partial charge in [0.1, 0.15) is 11.5 Å². The van der Waals surface area contributed by atoms with Gasteiger partial charge in [-0.3, -0.25) is 4.79 Å². The summed E-state index contributed by atoms with van der Waals surface area (Å²) in [5.74, 6) is 1.77. The predicted molar refractivity (Wildman–Crippen MR) is 112 cm³/mol. The van der Waals surface area contributed by atoms with Gasteiger partial charge in [0.25, 0.3) is 5.91 Å². The molecule has 2 aromatic rings. The molecular formula is C24H31NO3. The van der Waals surface area contributed by atoms with Crippen LogP contribution in [-0.2, 0) is 0 Å². The number of carbonyl (C=O) groups is 1. The van der Waals surface area contributed by atoms with E-state index in [4.69, 9.17) is 9.47 Å². The fraction of sp³-hybridized carbons (Fsp3) is 0.458. The van der Waals surface area contributed by atoms with Crippen LogP contribution in [0, 0.1) is 6.92 Å². The molecule has 2 aromatic carbocycles. The Balaban J connectivity index is 1.33. The normalized spacial score (nSPS) is 14.5. The first-order valence-corrected chi connectivity index (χ1v) is 10.4. The van der Waals surface area contributed by atoms with Crippen molar-refractivity contribution in [2.45, 2.75) is 57.9 Å². The molecule has 0 aliphatic heterocycles. The number of benzene rings is 2. The standard InChI is InChI=1S/C24H31NO3/c1-19-9-5-6-12-23(19)28-18-8-7-17-27-22-15-13-20(14-16-22)24(26)25-21-10-3-2-4-11-21/h5-6,9,12-16,21H,2-4,7-8,10-11,17-18H2,1H3,(H,25,26). The Morgan fingerprint density at radius 2 is 1.61 bits per heavy atom. The summed E-state index contributed by atoms with van der Waals surface area (Å²) in [6.07, 6.45) is 7.78. The van der Waals surface area contributed by atoms with Gasteiger partial charge in [0, 0.05) is 11.6 Å². The zero-order chi connectivity index (χ0) is 19.6. The van der Waals surface area contributed by atoms with Crippen molar-refractivity contribution in [3.05, 3.63) is 59.7 Å². The summed E-state index contributed by atoms with van der Waals surface area (Å²) >= 11 is 0. The van der Waals surface area contributed by atoms with Crippen LogP contribution < -0.4 is 14.8 Å². The first-order valence-electron chi connectivity index (χ1n) is 10.4. The van der Waals surface area contributed by atoms with Gasteiger partial charge in [0.2, 0.25) is 0 Å². The molecule has 0 radical (unpaired) electrons. The maximum atomic E-state index is 12.3. The highest BCUT2D eigenvalue weighted by Crippen LogP contribution is 2.19. The highest BCUT2D eigenvalue weighted by Gasteiger charge is 2.16. The van der Waals surface area contributed by atoms with Crippen LogP contribution >= 0.6 is 0 Å². The summed E-state index contributed by atoms with van der Waals surface area (Å²) in [5.41, 5.74) is 1.86. The van der Waals surface area contributed by atoms with Crippen molar-refractivity contribution >= 4 is 5.91 Å². The smallest absolute Gasteiger partial charge is 0.251 e. The molecule has 0 saturated heterocycles. The monoisotopic (exact) mass is 381 g/mol. The minimum Gasteiger partial charge on any atom is -0.494 e. The van der Waals surface area contributed by atoms with E-state index in [0.29, 0.717) is 24.8 Å². The maximum Gasteiger partial charge on any atom is 0.251 e. The molecule has 0 heterocycles. The lowest BCUT2D eigenvalue weighted by atomic mass is 9.95. The van der Waals surface area contributed by atoms with Crippen LogP contribution in [0.2, 0.25) is 0 Å². The number of para-hydroxylation sites is 1. The van der Waals surface area contributed by atoms with Gasteiger partial charge in [0.15, 0.2) is 0 Å². The fourth-order valence-corrected chi connectivity index (χ4v) is 3.51. The molecule has 1 saturated carbocycles. The number of ether oxygens (including phenoxy) is 2. The van der Waals surface area contributed by atoms with Gasteiger partial charge < -0.3 is 14.8 Å². The second kappa shape index (κ2) is 10.7. The lowest BCUT2D eigenvalue weighted by Gasteiger charge is -2.22. The van der Waals surface area contributed by atoms with Gasteiger partial charge in [-0.2, -0.15) is 0 Å². The van der Waals surface area contributed by atoms with E-state index in [0.717, 1.165) is 42.7 Å². The molecule has 1 aliphatic carbocycles. The molecule has 0 aromatic heterocycles. The summed E-state index contributed by atoms with van der Waals surface area (Å²) in [6.45, 7) is 3.39. The first-order chi connectivity index (χ1) is 13.7. The Morgan fingerprint density at radius 1 is 0.929 bits per heavy atom. The molecule has 1 N–H and O–H groups in total. The second-order valence-electron chi connectivity index (χ2n) is 7.50. The maximum absolute atomic E-state index is 12.3. The van der Waals surface area contributed by atoms with Crippen molar-refractivity contribution in [3.8, 4) is 11.5 Å².